The Kier molecular flexibility index (Phi) is 3.95. The molecule has 0 radical (unpaired) electrons. The number of nitrogens with zero attached hydrogens (tertiary/aromatic N) is 1. The molecule has 94 valence electrons. The predicted octanol–water partition coefficient (Wildman–Crippen LogP) is 2.71. The summed E-state index contributed by atoms with van der Waals surface area (Å²) in [7, 11) is 3.62. The minimum atomic E-state index is 0.114. The van der Waals surface area contributed by atoms with Crippen molar-refractivity contribution >= 4 is 0 Å². The summed E-state index contributed by atoms with van der Waals surface area (Å²) in [4.78, 5) is 4.09. The van der Waals surface area contributed by atoms with Gasteiger partial charge in [-0.2, -0.15) is 0 Å². The fourth-order valence-corrected chi connectivity index (χ4v) is 2.15. The molecule has 0 aliphatic rings. The lowest BCUT2D eigenvalue weighted by atomic mass is 9.98. The SMILES string of the molecule is CNC(c1cccc(C)c1)c1ccncc1OC. The first-order valence-corrected chi connectivity index (χ1v) is 5.98. The molecule has 0 amide bonds. The highest BCUT2D eigenvalue weighted by Crippen LogP contribution is 2.29. The third kappa shape index (κ3) is 2.51. The topological polar surface area (TPSA) is 34.2 Å². The molecule has 1 unspecified atom stereocenters. The molecule has 0 bridgehead atoms. The van der Waals surface area contributed by atoms with Crippen molar-refractivity contribution in [2.24, 2.45) is 0 Å². The van der Waals surface area contributed by atoms with E-state index < -0.39 is 0 Å². The summed E-state index contributed by atoms with van der Waals surface area (Å²) in [5.74, 6) is 0.804. The van der Waals surface area contributed by atoms with Crippen LogP contribution < -0.4 is 10.1 Å². The van der Waals surface area contributed by atoms with Crippen LogP contribution in [0.25, 0.3) is 0 Å². The van der Waals surface area contributed by atoms with Crippen LogP contribution in [0.2, 0.25) is 0 Å². The zero-order chi connectivity index (χ0) is 13.0. The average molecular weight is 242 g/mol. The van der Waals surface area contributed by atoms with Gasteiger partial charge in [-0.25, -0.2) is 0 Å². The molecule has 0 saturated carbocycles. The highest BCUT2D eigenvalue weighted by atomic mass is 16.5. The molecule has 18 heavy (non-hydrogen) atoms. The van der Waals surface area contributed by atoms with Crippen molar-refractivity contribution in [1.82, 2.24) is 10.3 Å². The van der Waals surface area contributed by atoms with E-state index in [1.54, 1.807) is 19.5 Å². The van der Waals surface area contributed by atoms with Crippen molar-refractivity contribution in [3.8, 4) is 5.75 Å². The Morgan fingerprint density at radius 3 is 2.78 bits per heavy atom. The van der Waals surface area contributed by atoms with Gasteiger partial charge >= 0.3 is 0 Å². The second kappa shape index (κ2) is 5.65. The first-order chi connectivity index (χ1) is 8.76. The molecule has 3 heteroatoms. The molecule has 1 N–H and O–H groups in total. The van der Waals surface area contributed by atoms with Crippen LogP contribution >= 0.6 is 0 Å². The number of nitrogens with one attached hydrogen (secondary N) is 1. The maximum atomic E-state index is 5.38. The number of hydrogen-bond donors (Lipinski definition) is 1. The van der Waals surface area contributed by atoms with Crippen molar-refractivity contribution in [2.75, 3.05) is 14.2 Å². The third-order valence-corrected chi connectivity index (χ3v) is 3.01. The average Bonchev–Trinajstić information content (AvgIpc) is 2.40. The monoisotopic (exact) mass is 242 g/mol. The van der Waals surface area contributed by atoms with Gasteiger partial charge in [0.1, 0.15) is 5.75 Å². The van der Waals surface area contributed by atoms with Crippen LogP contribution in [-0.2, 0) is 0 Å². The van der Waals surface area contributed by atoms with E-state index in [0.717, 1.165) is 11.3 Å². The Morgan fingerprint density at radius 2 is 2.11 bits per heavy atom. The number of methoxy groups -OCH3 is 1. The molecule has 0 aliphatic carbocycles. The van der Waals surface area contributed by atoms with Crippen LogP contribution in [0.4, 0.5) is 0 Å². The fourth-order valence-electron chi connectivity index (χ4n) is 2.15. The van der Waals surface area contributed by atoms with E-state index in [1.165, 1.54) is 11.1 Å². The summed E-state index contributed by atoms with van der Waals surface area (Å²) < 4.78 is 5.38. The van der Waals surface area contributed by atoms with Crippen LogP contribution in [0, 0.1) is 6.92 Å². The molecule has 2 aromatic rings. The molecule has 2 rings (SSSR count). The van der Waals surface area contributed by atoms with Gasteiger partial charge in [0, 0.05) is 11.8 Å². The van der Waals surface area contributed by atoms with Gasteiger partial charge in [0.2, 0.25) is 0 Å². The smallest absolute Gasteiger partial charge is 0.142 e. The largest absolute Gasteiger partial charge is 0.495 e. The van der Waals surface area contributed by atoms with Gasteiger partial charge < -0.3 is 10.1 Å². The van der Waals surface area contributed by atoms with Crippen molar-refractivity contribution in [2.45, 2.75) is 13.0 Å². The van der Waals surface area contributed by atoms with E-state index in [1.807, 2.05) is 13.1 Å². The number of hydrogen-bond acceptors (Lipinski definition) is 3. The first-order valence-electron chi connectivity index (χ1n) is 5.98. The lowest BCUT2D eigenvalue weighted by Gasteiger charge is -2.19. The number of pyridine rings is 1. The summed E-state index contributed by atoms with van der Waals surface area (Å²) in [5.41, 5.74) is 3.57. The summed E-state index contributed by atoms with van der Waals surface area (Å²) in [5, 5.41) is 3.33. The zero-order valence-corrected chi connectivity index (χ0v) is 11.0. The Balaban J connectivity index is 2.45. The maximum Gasteiger partial charge on any atom is 0.142 e. The lowest BCUT2D eigenvalue weighted by molar-refractivity contribution is 0.403. The third-order valence-electron chi connectivity index (χ3n) is 3.01. The minimum Gasteiger partial charge on any atom is -0.495 e. The van der Waals surface area contributed by atoms with E-state index in [-0.39, 0.29) is 6.04 Å². The van der Waals surface area contributed by atoms with Crippen molar-refractivity contribution in [1.29, 1.82) is 0 Å². The van der Waals surface area contributed by atoms with Crippen LogP contribution in [0.1, 0.15) is 22.7 Å². The predicted molar refractivity (Wildman–Crippen MR) is 72.9 cm³/mol. The molecule has 1 heterocycles. The Labute approximate surface area is 108 Å². The standard InChI is InChI=1S/C15H18N2O/c1-11-5-4-6-12(9-11)15(16-2)13-7-8-17-10-14(13)18-3/h4-10,15-16H,1-3H3. The van der Waals surface area contributed by atoms with Gasteiger partial charge in [-0.1, -0.05) is 29.8 Å². The summed E-state index contributed by atoms with van der Waals surface area (Å²) >= 11 is 0. The van der Waals surface area contributed by atoms with Gasteiger partial charge in [-0.15, -0.1) is 0 Å². The second-order valence-corrected chi connectivity index (χ2v) is 4.25. The number of aryl methyl sites for hydroxylation is 1. The molecule has 0 spiro atoms. The van der Waals surface area contributed by atoms with E-state index in [0.29, 0.717) is 0 Å². The molecule has 1 atom stereocenters. The molecule has 1 aromatic heterocycles. The molecule has 0 saturated heterocycles. The van der Waals surface area contributed by atoms with E-state index in [2.05, 4.69) is 41.5 Å². The number of rotatable bonds is 4. The summed E-state index contributed by atoms with van der Waals surface area (Å²) in [6, 6.07) is 10.6. The van der Waals surface area contributed by atoms with Gasteiger partial charge in [0.25, 0.3) is 0 Å². The van der Waals surface area contributed by atoms with E-state index in [9.17, 15) is 0 Å². The zero-order valence-electron chi connectivity index (χ0n) is 11.0. The highest BCUT2D eigenvalue weighted by molar-refractivity contribution is 5.40. The van der Waals surface area contributed by atoms with E-state index in [4.69, 9.17) is 4.74 Å². The minimum absolute atomic E-state index is 0.114. The normalized spacial score (nSPS) is 12.2. The molecular formula is C15H18N2O. The Bertz CT molecular complexity index is 525. The van der Waals surface area contributed by atoms with Gasteiger partial charge in [-0.3, -0.25) is 4.98 Å². The van der Waals surface area contributed by atoms with Crippen LogP contribution in [0.15, 0.2) is 42.7 Å². The van der Waals surface area contributed by atoms with E-state index >= 15 is 0 Å². The van der Waals surface area contributed by atoms with Crippen LogP contribution in [0.5, 0.6) is 5.75 Å². The molecule has 1 aromatic carbocycles. The maximum absolute atomic E-state index is 5.38. The van der Waals surface area contributed by atoms with Gasteiger partial charge in [-0.05, 0) is 25.6 Å². The molecule has 3 nitrogen and oxygen atoms in total. The number of benzene rings is 1. The number of aromatic nitrogens is 1. The van der Waals surface area contributed by atoms with Crippen molar-refractivity contribution < 1.29 is 4.74 Å². The Morgan fingerprint density at radius 1 is 1.28 bits per heavy atom. The second-order valence-electron chi connectivity index (χ2n) is 4.25. The molecule has 0 fully saturated rings. The van der Waals surface area contributed by atoms with Crippen LogP contribution in [-0.4, -0.2) is 19.1 Å². The summed E-state index contributed by atoms with van der Waals surface area (Å²) in [6.45, 7) is 2.10. The van der Waals surface area contributed by atoms with Crippen LogP contribution in [0.3, 0.4) is 0 Å². The first kappa shape index (κ1) is 12.6. The van der Waals surface area contributed by atoms with Crippen molar-refractivity contribution in [3.05, 3.63) is 59.4 Å². The van der Waals surface area contributed by atoms with Gasteiger partial charge in [0.15, 0.2) is 0 Å². The lowest BCUT2D eigenvalue weighted by Crippen LogP contribution is -2.18. The highest BCUT2D eigenvalue weighted by Gasteiger charge is 2.16. The molecule has 0 aliphatic heterocycles. The quantitative estimate of drug-likeness (QED) is 0.895. The van der Waals surface area contributed by atoms with Crippen molar-refractivity contribution in [3.63, 3.8) is 0 Å². The molecular weight excluding hydrogens is 224 g/mol. The number of ether oxygens (including phenoxy) is 1. The summed E-state index contributed by atoms with van der Waals surface area (Å²) in [6.07, 6.45) is 3.54. The van der Waals surface area contributed by atoms with Gasteiger partial charge in [0.05, 0.1) is 19.3 Å². The Hall–Kier alpha value is -1.87. The fraction of sp³-hybridized carbons (Fsp3) is 0.267.